The molecule has 2 heterocycles. The summed E-state index contributed by atoms with van der Waals surface area (Å²) in [4.78, 5) is 28.8. The predicted molar refractivity (Wildman–Crippen MR) is 147 cm³/mol. The quantitative estimate of drug-likeness (QED) is 0.367. The van der Waals surface area contributed by atoms with Gasteiger partial charge in [-0.05, 0) is 63.8 Å². The summed E-state index contributed by atoms with van der Waals surface area (Å²) in [5.74, 6) is 0.1000. The number of nitrogens with zero attached hydrogens (tertiary/aromatic N) is 2. The van der Waals surface area contributed by atoms with Gasteiger partial charge in [-0.25, -0.2) is 14.6 Å². The number of fused-ring (bicyclic) bond motifs is 3. The number of aromatic nitrogens is 1. The van der Waals surface area contributed by atoms with Gasteiger partial charge in [-0.2, -0.15) is 0 Å². The molecule has 3 N–H and O–H groups in total. The predicted octanol–water partition coefficient (Wildman–Crippen LogP) is 3.85. The van der Waals surface area contributed by atoms with Crippen LogP contribution in [0.15, 0.2) is 41.5 Å². The Kier molecular flexibility index (Phi) is 10.9. The minimum atomic E-state index is -1.26. The van der Waals surface area contributed by atoms with Gasteiger partial charge in [-0.3, -0.25) is 4.99 Å². The average molecular weight is 557 g/mol. The van der Waals surface area contributed by atoms with E-state index in [0.717, 1.165) is 35.2 Å². The number of hydrogen-bond acceptors (Lipinski definition) is 9. The molecule has 11 nitrogen and oxygen atoms in total. The largest absolute Gasteiger partial charge is 0.493 e. The Morgan fingerprint density at radius 3 is 2.17 bits per heavy atom. The molecule has 216 valence electrons. The number of carboxylic acids is 2. The highest BCUT2D eigenvalue weighted by molar-refractivity contribution is 6.15. The molecule has 0 bridgehead atoms. The summed E-state index contributed by atoms with van der Waals surface area (Å²) >= 11 is 0. The van der Waals surface area contributed by atoms with E-state index in [-0.39, 0.29) is 18.1 Å². The molecule has 0 saturated heterocycles. The highest BCUT2D eigenvalue weighted by Gasteiger charge is 2.37. The number of carbonyl (C=O) groups is 2. The van der Waals surface area contributed by atoms with Gasteiger partial charge >= 0.3 is 11.9 Å². The lowest BCUT2D eigenvalue weighted by molar-refractivity contribution is -0.134. The number of rotatable bonds is 10. The second-order valence-electron chi connectivity index (χ2n) is 9.04. The fourth-order valence-electron chi connectivity index (χ4n) is 4.81. The maximum absolute atomic E-state index is 10.4. The molecule has 4 rings (SSSR count). The third-order valence-corrected chi connectivity index (χ3v) is 6.41. The molecule has 1 aliphatic carbocycles. The van der Waals surface area contributed by atoms with Crippen LogP contribution in [-0.2, 0) is 9.59 Å². The van der Waals surface area contributed by atoms with Crippen LogP contribution < -0.4 is 18.9 Å². The highest BCUT2D eigenvalue weighted by Crippen LogP contribution is 2.45. The molecule has 1 aliphatic heterocycles. The van der Waals surface area contributed by atoms with E-state index in [1.807, 2.05) is 32.9 Å². The minimum Gasteiger partial charge on any atom is -0.493 e. The molecule has 3 atom stereocenters. The van der Waals surface area contributed by atoms with Gasteiger partial charge in [0, 0.05) is 35.4 Å². The van der Waals surface area contributed by atoms with Crippen LogP contribution in [0.5, 0.6) is 23.1 Å². The summed E-state index contributed by atoms with van der Waals surface area (Å²) in [5, 5.41) is 26.0. The number of methoxy groups -OCH3 is 1. The van der Waals surface area contributed by atoms with Crippen molar-refractivity contribution >= 4 is 17.7 Å². The molecule has 0 amide bonds. The van der Waals surface area contributed by atoms with E-state index >= 15 is 0 Å². The third-order valence-electron chi connectivity index (χ3n) is 6.41. The van der Waals surface area contributed by atoms with Crippen LogP contribution in [0.3, 0.4) is 0 Å². The molecule has 1 aromatic carbocycles. The van der Waals surface area contributed by atoms with Crippen molar-refractivity contribution in [1.82, 2.24) is 4.98 Å². The SMILES string of the molecule is CCOc1cc2c(cc1OC)C(c1cnc(OCC)c(OCC)c1)=N[C@@H]1CC[C@@H](O)C[C@H]21.O=C(O)C=CC(=O)O. The first-order valence-corrected chi connectivity index (χ1v) is 13.2. The van der Waals surface area contributed by atoms with E-state index in [4.69, 9.17) is 34.2 Å². The van der Waals surface area contributed by atoms with Gasteiger partial charge in [-0.1, -0.05) is 0 Å². The summed E-state index contributed by atoms with van der Waals surface area (Å²) in [6.45, 7) is 7.40. The number of pyridine rings is 1. The Labute approximate surface area is 233 Å². The number of aliphatic hydroxyl groups excluding tert-OH is 1. The van der Waals surface area contributed by atoms with Crippen LogP contribution >= 0.6 is 0 Å². The second-order valence-corrected chi connectivity index (χ2v) is 9.04. The molecular formula is C29H36N2O9. The first-order valence-electron chi connectivity index (χ1n) is 13.2. The van der Waals surface area contributed by atoms with Crippen molar-refractivity contribution in [3.05, 3.63) is 53.2 Å². The zero-order chi connectivity index (χ0) is 29.2. The first-order chi connectivity index (χ1) is 19.2. The van der Waals surface area contributed by atoms with E-state index in [9.17, 15) is 14.7 Å². The van der Waals surface area contributed by atoms with Crippen molar-refractivity contribution in [2.24, 2.45) is 4.99 Å². The molecular weight excluding hydrogens is 520 g/mol. The lowest BCUT2D eigenvalue weighted by Crippen LogP contribution is -2.34. The Hall–Kier alpha value is -4.12. The van der Waals surface area contributed by atoms with E-state index in [1.165, 1.54) is 0 Å². The number of ether oxygens (including phenoxy) is 4. The van der Waals surface area contributed by atoms with Gasteiger partial charge in [0.2, 0.25) is 0 Å². The van der Waals surface area contributed by atoms with Crippen LogP contribution in [0, 0.1) is 0 Å². The number of hydrogen-bond donors (Lipinski definition) is 3. The maximum atomic E-state index is 10.4. The summed E-state index contributed by atoms with van der Waals surface area (Å²) in [6, 6.07) is 6.11. The lowest BCUT2D eigenvalue weighted by atomic mass is 9.74. The van der Waals surface area contributed by atoms with Gasteiger partial charge < -0.3 is 34.3 Å². The van der Waals surface area contributed by atoms with Gasteiger partial charge in [0.25, 0.3) is 5.88 Å². The summed E-state index contributed by atoms with van der Waals surface area (Å²) in [6.07, 6.45) is 4.89. The van der Waals surface area contributed by atoms with Gasteiger partial charge in [0.1, 0.15) is 0 Å². The molecule has 2 aromatic rings. The van der Waals surface area contributed by atoms with Crippen LogP contribution in [0.4, 0.5) is 0 Å². The van der Waals surface area contributed by atoms with Crippen LogP contribution in [0.1, 0.15) is 62.6 Å². The summed E-state index contributed by atoms with van der Waals surface area (Å²) in [7, 11) is 1.64. The summed E-state index contributed by atoms with van der Waals surface area (Å²) < 4.78 is 22.9. The Bertz CT molecular complexity index is 1240. The fourth-order valence-corrected chi connectivity index (χ4v) is 4.81. The first kappa shape index (κ1) is 30.4. The van der Waals surface area contributed by atoms with Gasteiger partial charge in [0.15, 0.2) is 17.2 Å². The van der Waals surface area contributed by atoms with E-state index in [2.05, 4.69) is 11.1 Å². The zero-order valence-corrected chi connectivity index (χ0v) is 23.1. The number of benzene rings is 1. The van der Waals surface area contributed by atoms with Crippen molar-refractivity contribution < 1.29 is 43.9 Å². The van der Waals surface area contributed by atoms with Crippen molar-refractivity contribution in [1.29, 1.82) is 0 Å². The van der Waals surface area contributed by atoms with Gasteiger partial charge in [0.05, 0.1) is 44.8 Å². The normalized spacial score (nSPS) is 19.3. The number of aliphatic imine (C=N–C) groups is 1. The van der Waals surface area contributed by atoms with Crippen molar-refractivity contribution in [2.45, 2.75) is 58.1 Å². The molecule has 1 aromatic heterocycles. The number of carboxylic acid groups (broad SMARTS) is 2. The van der Waals surface area contributed by atoms with Crippen LogP contribution in [0.25, 0.3) is 0 Å². The van der Waals surface area contributed by atoms with E-state index in [0.29, 0.717) is 61.5 Å². The molecule has 11 heteroatoms. The highest BCUT2D eigenvalue weighted by atomic mass is 16.5. The molecule has 0 unspecified atom stereocenters. The molecule has 40 heavy (non-hydrogen) atoms. The maximum Gasteiger partial charge on any atom is 0.328 e. The Morgan fingerprint density at radius 1 is 0.925 bits per heavy atom. The van der Waals surface area contributed by atoms with E-state index in [1.54, 1.807) is 13.3 Å². The van der Waals surface area contributed by atoms with Crippen molar-refractivity contribution in [3.63, 3.8) is 0 Å². The number of aliphatic carboxylic acids is 2. The summed E-state index contributed by atoms with van der Waals surface area (Å²) in [5.41, 5.74) is 3.84. The monoisotopic (exact) mass is 556 g/mol. The average Bonchev–Trinajstić information content (AvgIpc) is 2.93. The Morgan fingerprint density at radius 2 is 1.57 bits per heavy atom. The molecule has 1 fully saturated rings. The second kappa shape index (κ2) is 14.3. The molecule has 2 aliphatic rings. The number of aliphatic hydroxyl groups is 1. The Balaban J connectivity index is 0.000000482. The third kappa shape index (κ3) is 7.50. The topological polar surface area (TPSA) is 157 Å². The lowest BCUT2D eigenvalue weighted by Gasteiger charge is -2.37. The standard InChI is InChI=1S/C25H32N2O5.C4H4O4/c1-5-30-22-12-17-18-11-16(28)8-9-20(18)27-24(19(17)13-21(22)29-4)15-10-23(31-6-2)25(26-14-15)32-7-3;5-3(6)1-2-4(7)8/h10,12-14,16,18,20,28H,5-9,11H2,1-4H3;1-2H,(H,5,6)(H,7,8)/t16-,18-,20-;/m1./s1. The molecule has 0 radical (unpaired) electrons. The minimum absolute atomic E-state index is 0.103. The fraction of sp³-hybridized carbons (Fsp3) is 0.448. The zero-order valence-electron chi connectivity index (χ0n) is 23.1. The smallest absolute Gasteiger partial charge is 0.328 e. The van der Waals surface area contributed by atoms with Crippen molar-refractivity contribution in [3.8, 4) is 23.1 Å². The van der Waals surface area contributed by atoms with Crippen molar-refractivity contribution in [2.75, 3.05) is 26.9 Å². The molecule has 0 spiro atoms. The van der Waals surface area contributed by atoms with Crippen LogP contribution in [-0.4, -0.2) is 77.0 Å². The van der Waals surface area contributed by atoms with Crippen LogP contribution in [0.2, 0.25) is 0 Å². The molecule has 1 saturated carbocycles. The van der Waals surface area contributed by atoms with Gasteiger partial charge in [-0.15, -0.1) is 0 Å². The van der Waals surface area contributed by atoms with E-state index < -0.39 is 11.9 Å².